The Morgan fingerprint density at radius 2 is 2.04 bits per heavy atom. The maximum atomic E-state index is 11.4. The van der Waals surface area contributed by atoms with Crippen LogP contribution in [0.4, 0.5) is 0 Å². The van der Waals surface area contributed by atoms with Gasteiger partial charge in [-0.2, -0.15) is 0 Å². The maximum absolute atomic E-state index is 11.4. The zero-order valence-electron chi connectivity index (χ0n) is 14.7. The molecule has 0 saturated heterocycles. The molecule has 1 heterocycles. The van der Waals surface area contributed by atoms with E-state index < -0.39 is 5.97 Å². The third-order valence-electron chi connectivity index (χ3n) is 3.62. The summed E-state index contributed by atoms with van der Waals surface area (Å²) in [6.07, 6.45) is 3.93. The van der Waals surface area contributed by atoms with Crippen LogP contribution in [0.15, 0.2) is 41.6 Å². The smallest absolute Gasteiger partial charge is 0.335 e. The first-order chi connectivity index (χ1) is 12.5. The first-order valence-electron chi connectivity index (χ1n) is 8.38. The minimum Gasteiger partial charge on any atom is -0.488 e. The molecule has 0 amide bonds. The number of hydrogen-bond donors (Lipinski definition) is 1. The van der Waals surface area contributed by atoms with Gasteiger partial charge in [-0.05, 0) is 44.0 Å². The number of carboxylic acids is 1. The van der Waals surface area contributed by atoms with Gasteiger partial charge in [0.05, 0.1) is 23.4 Å². The Morgan fingerprint density at radius 1 is 1.27 bits per heavy atom. The SMILES string of the molecule is COCC(C)Oc1cc(Oc2ccc(SC3CC3)nc2)cc(C(=O)O)c1. The molecule has 7 heteroatoms. The molecule has 2 aromatic rings. The number of carbonyl (C=O) groups is 1. The van der Waals surface area contributed by atoms with Crippen molar-refractivity contribution in [2.45, 2.75) is 36.1 Å². The Kier molecular flexibility index (Phi) is 6.00. The van der Waals surface area contributed by atoms with E-state index in [0.29, 0.717) is 29.1 Å². The second kappa shape index (κ2) is 8.42. The fourth-order valence-electron chi connectivity index (χ4n) is 2.31. The molecule has 1 saturated carbocycles. The van der Waals surface area contributed by atoms with Gasteiger partial charge in [0.2, 0.25) is 0 Å². The van der Waals surface area contributed by atoms with Crippen LogP contribution in [0.2, 0.25) is 0 Å². The Balaban J connectivity index is 1.74. The second-order valence-corrected chi connectivity index (χ2v) is 7.45. The van der Waals surface area contributed by atoms with Crippen molar-refractivity contribution in [2.75, 3.05) is 13.7 Å². The first-order valence-corrected chi connectivity index (χ1v) is 9.26. The van der Waals surface area contributed by atoms with Gasteiger partial charge in [-0.15, -0.1) is 11.8 Å². The van der Waals surface area contributed by atoms with Crippen LogP contribution in [0, 0.1) is 0 Å². The quantitative estimate of drug-likeness (QED) is 0.702. The highest BCUT2D eigenvalue weighted by atomic mass is 32.2. The van der Waals surface area contributed by atoms with Crippen molar-refractivity contribution < 1.29 is 24.1 Å². The number of ether oxygens (including phenoxy) is 3. The van der Waals surface area contributed by atoms with Crippen LogP contribution >= 0.6 is 11.8 Å². The molecule has 0 radical (unpaired) electrons. The number of pyridine rings is 1. The number of methoxy groups -OCH3 is 1. The lowest BCUT2D eigenvalue weighted by Gasteiger charge is -2.15. The molecule has 1 N–H and O–H groups in total. The van der Waals surface area contributed by atoms with E-state index in [-0.39, 0.29) is 11.7 Å². The highest BCUT2D eigenvalue weighted by molar-refractivity contribution is 8.00. The standard InChI is InChI=1S/C19H21NO5S/c1-12(11-23-2)24-15-7-13(19(21)22)8-16(9-15)25-14-3-6-18(20-10-14)26-17-4-5-17/h3,6-10,12,17H,4-5,11H2,1-2H3,(H,21,22). The van der Waals surface area contributed by atoms with Crippen molar-refractivity contribution in [1.82, 2.24) is 4.98 Å². The van der Waals surface area contributed by atoms with E-state index in [2.05, 4.69) is 4.98 Å². The first kappa shape index (κ1) is 18.5. The Bertz CT molecular complexity index is 761. The van der Waals surface area contributed by atoms with Gasteiger partial charge in [0, 0.05) is 18.4 Å². The number of aromatic carboxylic acids is 1. The molecule has 3 rings (SSSR count). The van der Waals surface area contributed by atoms with Gasteiger partial charge in [0.1, 0.15) is 23.4 Å². The van der Waals surface area contributed by atoms with E-state index in [0.717, 1.165) is 5.03 Å². The third kappa shape index (κ3) is 5.37. The third-order valence-corrected chi connectivity index (χ3v) is 4.91. The predicted molar refractivity (Wildman–Crippen MR) is 98.6 cm³/mol. The van der Waals surface area contributed by atoms with Crippen molar-refractivity contribution >= 4 is 17.7 Å². The number of hydrogen-bond acceptors (Lipinski definition) is 6. The normalized spacial score (nSPS) is 14.7. The van der Waals surface area contributed by atoms with Crippen molar-refractivity contribution in [3.63, 3.8) is 0 Å². The molecule has 0 aliphatic heterocycles. The Morgan fingerprint density at radius 3 is 2.65 bits per heavy atom. The molecular formula is C19H21NO5S. The summed E-state index contributed by atoms with van der Waals surface area (Å²) in [4.78, 5) is 15.8. The number of nitrogens with zero attached hydrogens (tertiary/aromatic N) is 1. The number of rotatable bonds is 9. The van der Waals surface area contributed by atoms with Crippen LogP contribution < -0.4 is 9.47 Å². The molecule has 138 valence electrons. The Hall–Kier alpha value is -2.25. The summed E-state index contributed by atoms with van der Waals surface area (Å²) in [5.41, 5.74) is 0.0935. The van der Waals surface area contributed by atoms with Crippen LogP contribution in [0.1, 0.15) is 30.1 Å². The number of benzene rings is 1. The monoisotopic (exact) mass is 375 g/mol. The summed E-state index contributed by atoms with van der Waals surface area (Å²) in [5.74, 6) is 0.296. The molecule has 1 fully saturated rings. The fraction of sp³-hybridized carbons (Fsp3) is 0.368. The van der Waals surface area contributed by atoms with Gasteiger partial charge in [-0.3, -0.25) is 0 Å². The fourth-order valence-corrected chi connectivity index (χ4v) is 3.29. The molecule has 1 unspecified atom stereocenters. The van der Waals surface area contributed by atoms with Crippen molar-refractivity contribution in [2.24, 2.45) is 0 Å². The average Bonchev–Trinajstić information content (AvgIpc) is 3.40. The second-order valence-electron chi connectivity index (χ2n) is 6.13. The predicted octanol–water partition coefficient (Wildman–Crippen LogP) is 4.24. The summed E-state index contributed by atoms with van der Waals surface area (Å²) >= 11 is 1.77. The van der Waals surface area contributed by atoms with E-state index in [4.69, 9.17) is 14.2 Å². The zero-order chi connectivity index (χ0) is 18.5. The number of aromatic nitrogens is 1. The van der Waals surface area contributed by atoms with E-state index in [1.165, 1.54) is 25.0 Å². The molecule has 0 spiro atoms. The number of carboxylic acid groups (broad SMARTS) is 1. The van der Waals surface area contributed by atoms with Crippen molar-refractivity contribution in [3.05, 3.63) is 42.1 Å². The molecule has 1 aliphatic rings. The van der Waals surface area contributed by atoms with Gasteiger partial charge < -0.3 is 19.3 Å². The van der Waals surface area contributed by atoms with E-state index in [1.54, 1.807) is 31.1 Å². The van der Waals surface area contributed by atoms with Crippen molar-refractivity contribution in [3.8, 4) is 17.2 Å². The minimum atomic E-state index is -1.05. The van der Waals surface area contributed by atoms with Crippen molar-refractivity contribution in [1.29, 1.82) is 0 Å². The van der Waals surface area contributed by atoms with Gasteiger partial charge >= 0.3 is 5.97 Å². The summed E-state index contributed by atoms with van der Waals surface area (Å²) in [5, 5.41) is 11.0. The summed E-state index contributed by atoms with van der Waals surface area (Å²) in [6, 6.07) is 8.33. The van der Waals surface area contributed by atoms with E-state index in [1.807, 2.05) is 19.1 Å². The molecule has 1 aliphatic carbocycles. The van der Waals surface area contributed by atoms with Gasteiger partial charge in [-0.1, -0.05) is 0 Å². The molecule has 26 heavy (non-hydrogen) atoms. The van der Waals surface area contributed by atoms with E-state index >= 15 is 0 Å². The van der Waals surface area contributed by atoms with Gasteiger partial charge in [0.25, 0.3) is 0 Å². The van der Waals surface area contributed by atoms with E-state index in [9.17, 15) is 9.90 Å². The molecular weight excluding hydrogens is 354 g/mol. The molecule has 1 atom stereocenters. The topological polar surface area (TPSA) is 77.9 Å². The van der Waals surface area contributed by atoms with Crippen LogP contribution in [0.25, 0.3) is 0 Å². The highest BCUT2D eigenvalue weighted by Crippen LogP contribution is 2.38. The van der Waals surface area contributed by atoms with Gasteiger partial charge in [-0.25, -0.2) is 9.78 Å². The van der Waals surface area contributed by atoms with Crippen LogP contribution in [0.5, 0.6) is 17.2 Å². The van der Waals surface area contributed by atoms with Crippen LogP contribution in [0.3, 0.4) is 0 Å². The Labute approximate surface area is 156 Å². The van der Waals surface area contributed by atoms with Crippen LogP contribution in [-0.2, 0) is 4.74 Å². The molecule has 1 aromatic heterocycles. The van der Waals surface area contributed by atoms with Crippen LogP contribution in [-0.4, -0.2) is 41.1 Å². The lowest BCUT2D eigenvalue weighted by atomic mass is 10.2. The lowest BCUT2D eigenvalue weighted by molar-refractivity contribution is 0.0693. The maximum Gasteiger partial charge on any atom is 0.335 e. The minimum absolute atomic E-state index is 0.0935. The summed E-state index contributed by atoms with van der Waals surface area (Å²) in [6.45, 7) is 2.25. The average molecular weight is 375 g/mol. The van der Waals surface area contributed by atoms with Gasteiger partial charge in [0.15, 0.2) is 0 Å². The lowest BCUT2D eigenvalue weighted by Crippen LogP contribution is -2.18. The molecule has 1 aromatic carbocycles. The molecule has 6 nitrogen and oxygen atoms in total. The molecule has 0 bridgehead atoms. The highest BCUT2D eigenvalue weighted by Gasteiger charge is 2.23. The zero-order valence-corrected chi connectivity index (χ0v) is 15.5. The summed E-state index contributed by atoms with van der Waals surface area (Å²) < 4.78 is 16.5. The number of thioether (sulfide) groups is 1. The largest absolute Gasteiger partial charge is 0.488 e. The summed E-state index contributed by atoms with van der Waals surface area (Å²) in [7, 11) is 1.58.